The summed E-state index contributed by atoms with van der Waals surface area (Å²) in [6.45, 7) is 10.3. The molecule has 0 aromatic carbocycles. The van der Waals surface area contributed by atoms with E-state index < -0.39 is 0 Å². The highest BCUT2D eigenvalue weighted by molar-refractivity contribution is 4.81. The molecule has 1 aliphatic carbocycles. The molecule has 12 heavy (non-hydrogen) atoms. The molecule has 0 radical (unpaired) electrons. The summed E-state index contributed by atoms with van der Waals surface area (Å²) in [7, 11) is 4.33. The van der Waals surface area contributed by atoms with E-state index in [1.807, 2.05) is 27.7 Å². The Hall–Kier alpha value is -0.0400. The second-order valence-corrected chi connectivity index (χ2v) is 3.19. The normalized spacial score (nSPS) is 26.0. The predicted octanol–water partition coefficient (Wildman–Crippen LogP) is 3.40. The third-order valence-corrected chi connectivity index (χ3v) is 2.08. The fourth-order valence-corrected chi connectivity index (χ4v) is 1.28. The Morgan fingerprint density at radius 3 is 1.33 bits per heavy atom. The molecule has 0 unspecified atom stereocenters. The molecule has 1 heteroatoms. The molecule has 0 heterocycles. The maximum absolute atomic E-state index is 2.32. The Bertz CT molecular complexity index is 73.1. The van der Waals surface area contributed by atoms with Crippen molar-refractivity contribution < 1.29 is 0 Å². The zero-order chi connectivity index (χ0) is 10.1. The van der Waals surface area contributed by atoms with Crippen LogP contribution in [0.3, 0.4) is 0 Å². The molecule has 0 bridgehead atoms. The highest BCUT2D eigenvalue weighted by atomic mass is 15.1. The second kappa shape index (κ2) is 9.05. The zero-order valence-corrected chi connectivity index (χ0v) is 10.0. The van der Waals surface area contributed by atoms with Gasteiger partial charge in [0, 0.05) is 6.04 Å². The third-order valence-electron chi connectivity index (χ3n) is 2.08. The summed E-state index contributed by atoms with van der Waals surface area (Å²) in [5.41, 5.74) is 0. The van der Waals surface area contributed by atoms with Crippen molar-refractivity contribution in [1.82, 2.24) is 4.90 Å². The van der Waals surface area contributed by atoms with Gasteiger partial charge < -0.3 is 4.90 Å². The van der Waals surface area contributed by atoms with Crippen molar-refractivity contribution in [3.05, 3.63) is 0 Å². The molecule has 0 atom stereocenters. The van der Waals surface area contributed by atoms with E-state index in [2.05, 4.69) is 25.9 Å². The minimum Gasteiger partial charge on any atom is -0.306 e. The van der Waals surface area contributed by atoms with Crippen LogP contribution in [-0.4, -0.2) is 25.0 Å². The van der Waals surface area contributed by atoms with Gasteiger partial charge in [-0.3, -0.25) is 0 Å². The van der Waals surface area contributed by atoms with Gasteiger partial charge in [0.05, 0.1) is 0 Å². The van der Waals surface area contributed by atoms with E-state index >= 15 is 0 Å². The zero-order valence-electron chi connectivity index (χ0n) is 10.0. The van der Waals surface area contributed by atoms with Crippen LogP contribution in [-0.2, 0) is 0 Å². The van der Waals surface area contributed by atoms with Crippen molar-refractivity contribution in [1.29, 1.82) is 0 Å². The van der Waals surface area contributed by atoms with Crippen LogP contribution in [0.25, 0.3) is 0 Å². The summed E-state index contributed by atoms with van der Waals surface area (Å²) in [6, 6.07) is 0.894. The molecule has 0 aromatic rings. The van der Waals surface area contributed by atoms with E-state index in [1.54, 1.807) is 0 Å². The third kappa shape index (κ3) is 5.59. The van der Waals surface area contributed by atoms with Crippen LogP contribution in [0.1, 0.15) is 47.5 Å². The van der Waals surface area contributed by atoms with Gasteiger partial charge in [-0.1, -0.05) is 34.6 Å². The van der Waals surface area contributed by atoms with Gasteiger partial charge in [-0.25, -0.2) is 0 Å². The van der Waals surface area contributed by atoms with Gasteiger partial charge in [-0.15, -0.1) is 0 Å². The van der Waals surface area contributed by atoms with E-state index in [1.165, 1.54) is 12.8 Å². The second-order valence-electron chi connectivity index (χ2n) is 3.19. The molecular formula is C11H27N. The van der Waals surface area contributed by atoms with E-state index in [4.69, 9.17) is 0 Å². The van der Waals surface area contributed by atoms with Gasteiger partial charge in [0.2, 0.25) is 0 Å². The number of hydrogen-bond acceptors (Lipinski definition) is 1. The molecular weight excluding hydrogens is 146 g/mol. The number of rotatable bonds is 1. The number of hydrogen-bond donors (Lipinski definition) is 0. The summed E-state index contributed by atoms with van der Waals surface area (Å²) in [5, 5.41) is 0. The Labute approximate surface area is 79.2 Å². The van der Waals surface area contributed by atoms with Crippen LogP contribution in [0.5, 0.6) is 0 Å². The maximum Gasteiger partial charge on any atom is 0.00942 e. The first-order chi connectivity index (χ1) is 5.70. The first-order valence-electron chi connectivity index (χ1n) is 5.36. The van der Waals surface area contributed by atoms with Crippen LogP contribution in [0.2, 0.25) is 0 Å². The van der Waals surface area contributed by atoms with Crippen molar-refractivity contribution in [2.45, 2.75) is 53.5 Å². The van der Waals surface area contributed by atoms with Gasteiger partial charge in [0.1, 0.15) is 0 Å². The lowest BCUT2D eigenvalue weighted by molar-refractivity contribution is 0.135. The quantitative estimate of drug-likeness (QED) is 0.587. The predicted molar refractivity (Wildman–Crippen MR) is 58.6 cm³/mol. The monoisotopic (exact) mass is 173 g/mol. The minimum atomic E-state index is 0.894. The van der Waals surface area contributed by atoms with Crippen molar-refractivity contribution in [3.8, 4) is 0 Å². The smallest absolute Gasteiger partial charge is 0.00942 e. The summed E-state index contributed by atoms with van der Waals surface area (Å²) < 4.78 is 0. The molecule has 0 aromatic heterocycles. The first-order valence-corrected chi connectivity index (χ1v) is 5.36. The molecule has 1 aliphatic rings. The van der Waals surface area contributed by atoms with Crippen LogP contribution in [0.15, 0.2) is 0 Å². The summed E-state index contributed by atoms with van der Waals surface area (Å²) in [6.07, 6.45) is 2.82. The maximum atomic E-state index is 2.32. The van der Waals surface area contributed by atoms with Crippen LogP contribution in [0.4, 0.5) is 0 Å². The summed E-state index contributed by atoms with van der Waals surface area (Å²) >= 11 is 0. The SMILES string of the molecule is CC.CC.CC1CC(N(C)C)C1. The number of nitrogens with zero attached hydrogens (tertiary/aromatic N) is 1. The molecule has 0 amide bonds. The van der Waals surface area contributed by atoms with Crippen LogP contribution in [0, 0.1) is 5.92 Å². The molecule has 0 aliphatic heterocycles. The Morgan fingerprint density at radius 2 is 1.25 bits per heavy atom. The van der Waals surface area contributed by atoms with Gasteiger partial charge in [0.25, 0.3) is 0 Å². The molecule has 0 N–H and O–H groups in total. The Morgan fingerprint density at radius 1 is 0.917 bits per heavy atom. The largest absolute Gasteiger partial charge is 0.306 e. The van der Waals surface area contributed by atoms with Crippen molar-refractivity contribution in [3.63, 3.8) is 0 Å². The lowest BCUT2D eigenvalue weighted by atomic mass is 9.81. The lowest BCUT2D eigenvalue weighted by Gasteiger charge is -2.37. The molecule has 0 spiro atoms. The Kier molecular flexibility index (Phi) is 10.9. The van der Waals surface area contributed by atoms with E-state index in [9.17, 15) is 0 Å². The highest BCUT2D eigenvalue weighted by Gasteiger charge is 2.26. The molecule has 1 nitrogen and oxygen atoms in total. The van der Waals surface area contributed by atoms with Crippen molar-refractivity contribution >= 4 is 0 Å². The summed E-state index contributed by atoms with van der Waals surface area (Å²) in [5.74, 6) is 0.988. The average Bonchev–Trinajstić information content (AvgIpc) is 2.06. The molecule has 1 rings (SSSR count). The fourth-order valence-electron chi connectivity index (χ4n) is 1.28. The summed E-state index contributed by atoms with van der Waals surface area (Å²) in [4.78, 5) is 2.32. The first kappa shape index (κ1) is 14.5. The Balaban J connectivity index is 0. The molecule has 1 fully saturated rings. The lowest BCUT2D eigenvalue weighted by Crippen LogP contribution is -2.38. The van der Waals surface area contributed by atoms with Gasteiger partial charge in [-0.2, -0.15) is 0 Å². The standard InChI is InChI=1S/C7H15N.2C2H6/c1-6-4-7(5-6)8(2)3;2*1-2/h6-7H,4-5H2,1-3H3;2*1-2H3. The van der Waals surface area contributed by atoms with Gasteiger partial charge in [0.15, 0.2) is 0 Å². The van der Waals surface area contributed by atoms with Gasteiger partial charge in [-0.05, 0) is 32.9 Å². The van der Waals surface area contributed by atoms with E-state index in [0.717, 1.165) is 12.0 Å². The molecule has 76 valence electrons. The van der Waals surface area contributed by atoms with E-state index in [-0.39, 0.29) is 0 Å². The molecule has 1 saturated carbocycles. The molecule has 0 saturated heterocycles. The fraction of sp³-hybridized carbons (Fsp3) is 1.00. The van der Waals surface area contributed by atoms with Crippen molar-refractivity contribution in [2.24, 2.45) is 5.92 Å². The minimum absolute atomic E-state index is 0.894. The van der Waals surface area contributed by atoms with Gasteiger partial charge >= 0.3 is 0 Å². The van der Waals surface area contributed by atoms with Crippen molar-refractivity contribution in [2.75, 3.05) is 14.1 Å². The topological polar surface area (TPSA) is 3.24 Å². The van der Waals surface area contributed by atoms with Crippen LogP contribution >= 0.6 is 0 Å². The van der Waals surface area contributed by atoms with Crippen LogP contribution < -0.4 is 0 Å². The highest BCUT2D eigenvalue weighted by Crippen LogP contribution is 2.29. The average molecular weight is 173 g/mol. The van der Waals surface area contributed by atoms with E-state index in [0.29, 0.717) is 0 Å².